The van der Waals surface area contributed by atoms with Gasteiger partial charge >= 0.3 is 0 Å². The Hall–Kier alpha value is -1.49. The number of aromatic amines is 1. The van der Waals surface area contributed by atoms with Crippen molar-refractivity contribution in [2.24, 2.45) is 0 Å². The van der Waals surface area contributed by atoms with E-state index in [9.17, 15) is 0 Å². The van der Waals surface area contributed by atoms with Gasteiger partial charge in [0.1, 0.15) is 17.7 Å². The van der Waals surface area contributed by atoms with Crippen LogP contribution in [0.1, 0.15) is 25.1 Å². The summed E-state index contributed by atoms with van der Waals surface area (Å²) in [6, 6.07) is 0. The molecule has 2 atom stereocenters. The minimum absolute atomic E-state index is 0.328. The highest BCUT2D eigenvalue weighted by molar-refractivity contribution is 5.68. The fourth-order valence-electron chi connectivity index (χ4n) is 1.98. The third kappa shape index (κ3) is 1.48. The SMILES string of the molecule is CC1CC(c2nc3ncncc3[nH]2)CO1. The zero-order valence-corrected chi connectivity index (χ0v) is 8.47. The van der Waals surface area contributed by atoms with E-state index >= 15 is 0 Å². The highest BCUT2D eigenvalue weighted by atomic mass is 16.5. The molecule has 1 aliphatic rings. The molecule has 1 aliphatic heterocycles. The molecule has 5 heteroatoms. The Balaban J connectivity index is 1.98. The van der Waals surface area contributed by atoms with Gasteiger partial charge in [-0.3, -0.25) is 0 Å². The Kier molecular flexibility index (Phi) is 1.92. The third-order valence-electron chi connectivity index (χ3n) is 2.77. The number of aromatic nitrogens is 4. The molecule has 0 radical (unpaired) electrons. The first-order chi connectivity index (χ1) is 7.33. The molecular formula is C10H12N4O. The van der Waals surface area contributed by atoms with E-state index in [2.05, 4.69) is 26.9 Å². The molecule has 0 saturated carbocycles. The van der Waals surface area contributed by atoms with E-state index in [1.54, 1.807) is 6.20 Å². The van der Waals surface area contributed by atoms with Crippen molar-refractivity contribution in [3.63, 3.8) is 0 Å². The lowest BCUT2D eigenvalue weighted by Crippen LogP contribution is -2.00. The highest BCUT2D eigenvalue weighted by Crippen LogP contribution is 2.27. The second-order valence-corrected chi connectivity index (χ2v) is 3.96. The molecule has 0 amide bonds. The van der Waals surface area contributed by atoms with Crippen LogP contribution < -0.4 is 0 Å². The number of hydrogen-bond donors (Lipinski definition) is 1. The summed E-state index contributed by atoms with van der Waals surface area (Å²) < 4.78 is 5.52. The van der Waals surface area contributed by atoms with Crippen LogP contribution in [-0.2, 0) is 4.74 Å². The van der Waals surface area contributed by atoms with Gasteiger partial charge in [-0.2, -0.15) is 0 Å². The molecular weight excluding hydrogens is 192 g/mol. The fraction of sp³-hybridized carbons (Fsp3) is 0.500. The van der Waals surface area contributed by atoms with Gasteiger partial charge in [0.05, 0.1) is 18.9 Å². The molecule has 5 nitrogen and oxygen atoms in total. The maximum absolute atomic E-state index is 5.52. The van der Waals surface area contributed by atoms with Crippen LogP contribution in [0, 0.1) is 0 Å². The van der Waals surface area contributed by atoms with E-state index in [0.29, 0.717) is 12.0 Å². The van der Waals surface area contributed by atoms with Crippen molar-refractivity contribution in [3.8, 4) is 0 Å². The minimum Gasteiger partial charge on any atom is -0.378 e. The quantitative estimate of drug-likeness (QED) is 0.759. The Morgan fingerprint density at radius 1 is 1.53 bits per heavy atom. The van der Waals surface area contributed by atoms with Crippen LogP contribution in [0.3, 0.4) is 0 Å². The first kappa shape index (κ1) is 8.79. The molecule has 78 valence electrons. The van der Waals surface area contributed by atoms with Crippen molar-refractivity contribution in [1.29, 1.82) is 0 Å². The molecule has 2 unspecified atom stereocenters. The van der Waals surface area contributed by atoms with E-state index in [1.807, 2.05) is 0 Å². The maximum Gasteiger partial charge on any atom is 0.180 e. The Morgan fingerprint density at radius 2 is 2.47 bits per heavy atom. The van der Waals surface area contributed by atoms with Gasteiger partial charge in [-0.15, -0.1) is 0 Å². The first-order valence-corrected chi connectivity index (χ1v) is 5.10. The summed E-state index contributed by atoms with van der Waals surface area (Å²) in [5.74, 6) is 1.34. The van der Waals surface area contributed by atoms with Crippen LogP contribution in [0.2, 0.25) is 0 Å². The summed E-state index contributed by atoms with van der Waals surface area (Å²) in [4.78, 5) is 15.7. The van der Waals surface area contributed by atoms with Crippen molar-refractivity contribution >= 4 is 11.2 Å². The van der Waals surface area contributed by atoms with Gasteiger partial charge in [0.2, 0.25) is 0 Å². The number of imidazole rings is 1. The van der Waals surface area contributed by atoms with Gasteiger partial charge in [0.15, 0.2) is 5.65 Å². The molecule has 1 saturated heterocycles. The van der Waals surface area contributed by atoms with Gasteiger partial charge in [0.25, 0.3) is 0 Å². The number of ether oxygens (including phenoxy) is 1. The van der Waals surface area contributed by atoms with Crippen molar-refractivity contribution in [2.45, 2.75) is 25.4 Å². The van der Waals surface area contributed by atoms with Crippen LogP contribution in [0.25, 0.3) is 11.2 Å². The molecule has 0 bridgehead atoms. The van der Waals surface area contributed by atoms with E-state index in [4.69, 9.17) is 4.74 Å². The van der Waals surface area contributed by atoms with Gasteiger partial charge in [-0.05, 0) is 13.3 Å². The molecule has 2 aromatic rings. The molecule has 3 rings (SSSR count). The summed E-state index contributed by atoms with van der Waals surface area (Å²) >= 11 is 0. The molecule has 0 aliphatic carbocycles. The van der Waals surface area contributed by atoms with E-state index in [0.717, 1.165) is 30.0 Å². The molecule has 15 heavy (non-hydrogen) atoms. The zero-order valence-electron chi connectivity index (χ0n) is 8.47. The molecule has 3 heterocycles. The standard InChI is InChI=1S/C10H12N4O/c1-6-2-7(4-15-6)9-13-8-3-11-5-12-10(8)14-9/h3,5-7H,2,4H2,1H3,(H,11,12,13,14). The molecule has 1 fully saturated rings. The van der Waals surface area contributed by atoms with E-state index < -0.39 is 0 Å². The molecule has 0 spiro atoms. The summed E-state index contributed by atoms with van der Waals surface area (Å²) in [6.45, 7) is 2.83. The first-order valence-electron chi connectivity index (χ1n) is 5.10. The van der Waals surface area contributed by atoms with Crippen LogP contribution in [-0.4, -0.2) is 32.6 Å². The number of fused-ring (bicyclic) bond motifs is 1. The van der Waals surface area contributed by atoms with Gasteiger partial charge in [-0.1, -0.05) is 0 Å². The largest absolute Gasteiger partial charge is 0.378 e. The van der Waals surface area contributed by atoms with Crippen LogP contribution in [0.4, 0.5) is 0 Å². The summed E-state index contributed by atoms with van der Waals surface area (Å²) in [5, 5.41) is 0. The lowest BCUT2D eigenvalue weighted by molar-refractivity contribution is 0.123. The molecule has 0 aromatic carbocycles. The van der Waals surface area contributed by atoms with Crippen LogP contribution in [0.15, 0.2) is 12.5 Å². The van der Waals surface area contributed by atoms with E-state index in [1.165, 1.54) is 6.33 Å². The average Bonchev–Trinajstić information content (AvgIpc) is 2.82. The number of rotatable bonds is 1. The Morgan fingerprint density at radius 3 is 3.20 bits per heavy atom. The Labute approximate surface area is 86.9 Å². The number of nitrogens with zero attached hydrogens (tertiary/aromatic N) is 3. The smallest absolute Gasteiger partial charge is 0.180 e. The summed E-state index contributed by atoms with van der Waals surface area (Å²) in [7, 11) is 0. The maximum atomic E-state index is 5.52. The lowest BCUT2D eigenvalue weighted by atomic mass is 10.1. The van der Waals surface area contributed by atoms with E-state index in [-0.39, 0.29) is 0 Å². The zero-order chi connectivity index (χ0) is 10.3. The second kappa shape index (κ2) is 3.27. The Bertz CT molecular complexity index is 448. The van der Waals surface area contributed by atoms with Crippen molar-refractivity contribution in [1.82, 2.24) is 19.9 Å². The van der Waals surface area contributed by atoms with Crippen molar-refractivity contribution in [3.05, 3.63) is 18.3 Å². The normalized spacial score (nSPS) is 26.2. The van der Waals surface area contributed by atoms with Gasteiger partial charge in [-0.25, -0.2) is 15.0 Å². The molecule has 1 N–H and O–H groups in total. The summed E-state index contributed by atoms with van der Waals surface area (Å²) in [5.41, 5.74) is 1.63. The molecule has 2 aromatic heterocycles. The topological polar surface area (TPSA) is 63.7 Å². The predicted molar refractivity (Wildman–Crippen MR) is 54.5 cm³/mol. The van der Waals surface area contributed by atoms with Gasteiger partial charge < -0.3 is 9.72 Å². The van der Waals surface area contributed by atoms with Crippen molar-refractivity contribution < 1.29 is 4.74 Å². The van der Waals surface area contributed by atoms with Crippen molar-refractivity contribution in [2.75, 3.05) is 6.61 Å². The van der Waals surface area contributed by atoms with Crippen LogP contribution in [0.5, 0.6) is 0 Å². The second-order valence-electron chi connectivity index (χ2n) is 3.96. The monoisotopic (exact) mass is 204 g/mol. The predicted octanol–water partition coefficient (Wildman–Crippen LogP) is 1.25. The number of hydrogen-bond acceptors (Lipinski definition) is 4. The number of H-pyrrole nitrogens is 1. The van der Waals surface area contributed by atoms with Gasteiger partial charge in [0, 0.05) is 5.92 Å². The van der Waals surface area contributed by atoms with Crippen LogP contribution >= 0.6 is 0 Å². The minimum atomic E-state index is 0.328. The highest BCUT2D eigenvalue weighted by Gasteiger charge is 2.26. The fourth-order valence-corrected chi connectivity index (χ4v) is 1.98. The lowest BCUT2D eigenvalue weighted by Gasteiger charge is -2.01. The summed E-state index contributed by atoms with van der Waals surface area (Å²) in [6.07, 6.45) is 4.61. The third-order valence-corrected chi connectivity index (χ3v) is 2.77. The number of nitrogens with one attached hydrogen (secondary N) is 1. The average molecular weight is 204 g/mol.